The molecule has 1 aromatic heterocycles. The Morgan fingerprint density at radius 1 is 1.64 bits per heavy atom. The Kier molecular flexibility index (Phi) is 2.63. The van der Waals surface area contributed by atoms with Crippen molar-refractivity contribution in [2.24, 2.45) is 0 Å². The van der Waals surface area contributed by atoms with Crippen LogP contribution in [0.5, 0.6) is 0 Å². The van der Waals surface area contributed by atoms with Crippen LogP contribution in [0.4, 0.5) is 0 Å². The van der Waals surface area contributed by atoms with Gasteiger partial charge in [0.15, 0.2) is 0 Å². The number of hydrogen-bond acceptors (Lipinski definition) is 2. The molecule has 2 rings (SSSR count). The molecular formula is C10H12BrNO2. The van der Waals surface area contributed by atoms with Gasteiger partial charge in [-0.05, 0) is 19.1 Å². The molecule has 1 aliphatic heterocycles. The maximum atomic E-state index is 11.5. The smallest absolute Gasteiger partial charge is 0.224 e. The van der Waals surface area contributed by atoms with E-state index in [1.165, 1.54) is 0 Å². The van der Waals surface area contributed by atoms with Crippen LogP contribution < -0.4 is 0 Å². The second-order valence-corrected chi connectivity index (χ2v) is 4.88. The zero-order chi connectivity index (χ0) is 10.1. The molecule has 1 aliphatic rings. The van der Waals surface area contributed by atoms with E-state index >= 15 is 0 Å². The van der Waals surface area contributed by atoms with Gasteiger partial charge < -0.3 is 9.32 Å². The Labute approximate surface area is 91.2 Å². The van der Waals surface area contributed by atoms with Gasteiger partial charge in [-0.25, -0.2) is 0 Å². The molecule has 2 heterocycles. The van der Waals surface area contributed by atoms with E-state index in [1.807, 2.05) is 24.0 Å². The van der Waals surface area contributed by atoms with E-state index in [-0.39, 0.29) is 5.91 Å². The molecule has 4 heteroatoms. The first-order chi connectivity index (χ1) is 6.65. The van der Waals surface area contributed by atoms with E-state index in [1.54, 1.807) is 0 Å². The van der Waals surface area contributed by atoms with Crippen LogP contribution in [0, 0.1) is 6.92 Å². The summed E-state index contributed by atoms with van der Waals surface area (Å²) >= 11 is 3.44. The van der Waals surface area contributed by atoms with Crippen LogP contribution in [-0.4, -0.2) is 22.2 Å². The highest BCUT2D eigenvalue weighted by Crippen LogP contribution is 2.20. The van der Waals surface area contributed by atoms with Gasteiger partial charge >= 0.3 is 0 Å². The van der Waals surface area contributed by atoms with Crippen molar-refractivity contribution in [3.8, 4) is 0 Å². The summed E-state index contributed by atoms with van der Waals surface area (Å²) in [6.07, 6.45) is 0.597. The molecular weight excluding hydrogens is 246 g/mol. The fourth-order valence-electron chi connectivity index (χ4n) is 1.64. The molecule has 14 heavy (non-hydrogen) atoms. The molecule has 76 valence electrons. The lowest BCUT2D eigenvalue weighted by molar-refractivity contribution is -0.128. The summed E-state index contributed by atoms with van der Waals surface area (Å²) in [4.78, 5) is 13.6. The van der Waals surface area contributed by atoms with Crippen molar-refractivity contribution in [1.29, 1.82) is 0 Å². The highest BCUT2D eigenvalue weighted by Gasteiger charge is 2.27. The van der Waals surface area contributed by atoms with Crippen molar-refractivity contribution in [1.82, 2.24) is 4.90 Å². The fraction of sp³-hybridized carbons (Fsp3) is 0.500. The lowest BCUT2D eigenvalue weighted by Gasteiger charge is -2.13. The number of likely N-dealkylation sites (tertiary alicyclic amines) is 1. The Morgan fingerprint density at radius 3 is 2.93 bits per heavy atom. The molecule has 0 spiro atoms. The first-order valence-corrected chi connectivity index (χ1v) is 5.54. The van der Waals surface area contributed by atoms with E-state index in [9.17, 15) is 4.79 Å². The number of amides is 1. The van der Waals surface area contributed by atoms with Gasteiger partial charge in [0, 0.05) is 17.8 Å². The van der Waals surface area contributed by atoms with Crippen LogP contribution in [0.25, 0.3) is 0 Å². The quantitative estimate of drug-likeness (QED) is 0.761. The third-order valence-corrected chi connectivity index (χ3v) is 2.92. The molecule has 0 aliphatic carbocycles. The van der Waals surface area contributed by atoms with Crippen molar-refractivity contribution in [3.63, 3.8) is 0 Å². The Bertz CT molecular complexity index is 348. The molecule has 1 saturated heterocycles. The number of rotatable bonds is 2. The van der Waals surface area contributed by atoms with Gasteiger partial charge in [0.1, 0.15) is 11.5 Å². The highest BCUT2D eigenvalue weighted by atomic mass is 79.9. The normalized spacial score (nSPS) is 22.0. The maximum Gasteiger partial charge on any atom is 0.224 e. The summed E-state index contributed by atoms with van der Waals surface area (Å²) < 4.78 is 5.42. The number of carbonyl (C=O) groups is 1. The van der Waals surface area contributed by atoms with E-state index < -0.39 is 0 Å². The first-order valence-electron chi connectivity index (χ1n) is 4.62. The van der Waals surface area contributed by atoms with Gasteiger partial charge in [-0.3, -0.25) is 4.79 Å². The average molecular weight is 258 g/mol. The lowest BCUT2D eigenvalue weighted by atomic mass is 10.4. The largest absolute Gasteiger partial charge is 0.464 e. The predicted molar refractivity (Wildman–Crippen MR) is 56.2 cm³/mol. The molecule has 0 radical (unpaired) electrons. The fourth-order valence-corrected chi connectivity index (χ4v) is 2.26. The second-order valence-electron chi connectivity index (χ2n) is 3.59. The number of halogens is 1. The summed E-state index contributed by atoms with van der Waals surface area (Å²) in [7, 11) is 0. The number of nitrogens with zero attached hydrogens (tertiary/aromatic N) is 1. The van der Waals surface area contributed by atoms with E-state index in [4.69, 9.17) is 4.42 Å². The number of aryl methyl sites for hydroxylation is 1. The number of furan rings is 1. The molecule has 1 atom stereocenters. The van der Waals surface area contributed by atoms with Crippen molar-refractivity contribution in [3.05, 3.63) is 23.7 Å². The summed E-state index contributed by atoms with van der Waals surface area (Å²) in [5, 5.41) is 0. The number of carbonyl (C=O) groups excluding carboxylic acids is 1. The SMILES string of the molecule is Cc1ccc(CN2CC(Br)CC2=O)o1. The minimum atomic E-state index is 0.195. The van der Waals surface area contributed by atoms with Crippen LogP contribution in [0.15, 0.2) is 16.5 Å². The lowest BCUT2D eigenvalue weighted by Crippen LogP contribution is -2.24. The van der Waals surface area contributed by atoms with Crippen molar-refractivity contribution in [2.75, 3.05) is 6.54 Å². The van der Waals surface area contributed by atoms with Crippen LogP contribution in [0.1, 0.15) is 17.9 Å². The zero-order valence-corrected chi connectivity index (χ0v) is 9.58. The highest BCUT2D eigenvalue weighted by molar-refractivity contribution is 9.09. The third kappa shape index (κ3) is 2.00. The second kappa shape index (κ2) is 3.77. The first kappa shape index (κ1) is 9.77. The van der Waals surface area contributed by atoms with Gasteiger partial charge in [-0.2, -0.15) is 0 Å². The monoisotopic (exact) mass is 257 g/mol. The van der Waals surface area contributed by atoms with E-state index in [0.29, 0.717) is 17.8 Å². The van der Waals surface area contributed by atoms with Gasteiger partial charge in [0.2, 0.25) is 5.91 Å². The summed E-state index contributed by atoms with van der Waals surface area (Å²) in [6.45, 7) is 3.27. The molecule has 0 aromatic carbocycles. The third-order valence-electron chi connectivity index (χ3n) is 2.31. The molecule has 1 fully saturated rings. The van der Waals surface area contributed by atoms with E-state index in [2.05, 4.69) is 15.9 Å². The number of hydrogen-bond donors (Lipinski definition) is 0. The van der Waals surface area contributed by atoms with E-state index in [0.717, 1.165) is 18.1 Å². The van der Waals surface area contributed by atoms with Crippen molar-refractivity contribution < 1.29 is 9.21 Å². The number of alkyl halides is 1. The van der Waals surface area contributed by atoms with Gasteiger partial charge in [0.25, 0.3) is 0 Å². The van der Waals surface area contributed by atoms with Crippen molar-refractivity contribution in [2.45, 2.75) is 24.7 Å². The summed E-state index contributed by atoms with van der Waals surface area (Å²) in [6, 6.07) is 3.84. The van der Waals surface area contributed by atoms with Crippen LogP contribution >= 0.6 is 15.9 Å². The van der Waals surface area contributed by atoms with Gasteiger partial charge in [-0.15, -0.1) is 0 Å². The summed E-state index contributed by atoms with van der Waals surface area (Å²) in [5.41, 5.74) is 0. The standard InChI is InChI=1S/C10H12BrNO2/c1-7-2-3-9(14-7)6-12-5-8(11)4-10(12)13/h2-3,8H,4-6H2,1H3. The predicted octanol–water partition coefficient (Wildman–Crippen LogP) is 2.08. The molecule has 0 bridgehead atoms. The minimum Gasteiger partial charge on any atom is -0.464 e. The molecule has 1 amide bonds. The van der Waals surface area contributed by atoms with Crippen LogP contribution in [-0.2, 0) is 11.3 Å². The molecule has 3 nitrogen and oxygen atoms in total. The van der Waals surface area contributed by atoms with Crippen LogP contribution in [0.3, 0.4) is 0 Å². The van der Waals surface area contributed by atoms with Gasteiger partial charge in [-0.1, -0.05) is 15.9 Å². The molecule has 0 saturated carbocycles. The Hall–Kier alpha value is -0.770. The van der Waals surface area contributed by atoms with Gasteiger partial charge in [0.05, 0.1) is 6.54 Å². The molecule has 1 unspecified atom stereocenters. The van der Waals surface area contributed by atoms with Crippen molar-refractivity contribution >= 4 is 21.8 Å². The molecule has 1 aromatic rings. The zero-order valence-electron chi connectivity index (χ0n) is 8.00. The van der Waals surface area contributed by atoms with Crippen LogP contribution in [0.2, 0.25) is 0 Å². The minimum absolute atomic E-state index is 0.195. The topological polar surface area (TPSA) is 33.5 Å². The Balaban J connectivity index is 2.01. The average Bonchev–Trinajstić information content (AvgIpc) is 2.61. The maximum absolute atomic E-state index is 11.5. The Morgan fingerprint density at radius 2 is 2.43 bits per heavy atom. The molecule has 0 N–H and O–H groups in total. The summed E-state index contributed by atoms with van der Waals surface area (Å²) in [5.74, 6) is 1.94.